The lowest BCUT2D eigenvalue weighted by molar-refractivity contribution is 0.122. The molecule has 1 saturated heterocycles. The van der Waals surface area contributed by atoms with E-state index >= 15 is 0 Å². The van der Waals surface area contributed by atoms with E-state index in [1.807, 2.05) is 47.1 Å². The molecule has 0 radical (unpaired) electrons. The zero-order chi connectivity index (χ0) is 22.7. The van der Waals surface area contributed by atoms with Gasteiger partial charge in [-0.2, -0.15) is 9.61 Å². The number of benzene rings is 1. The maximum absolute atomic E-state index is 5.67. The van der Waals surface area contributed by atoms with E-state index in [1.165, 1.54) is 0 Å². The Morgan fingerprint density at radius 2 is 1.74 bits per heavy atom. The summed E-state index contributed by atoms with van der Waals surface area (Å²) in [6.45, 7) is 4.61. The van der Waals surface area contributed by atoms with E-state index in [-0.39, 0.29) is 0 Å². The molecule has 0 saturated carbocycles. The number of aromatic nitrogens is 4. The van der Waals surface area contributed by atoms with Gasteiger partial charge in [0.05, 0.1) is 31.1 Å². The highest BCUT2D eigenvalue weighted by molar-refractivity contribution is 5.81. The van der Waals surface area contributed by atoms with Crippen LogP contribution < -0.4 is 14.4 Å². The van der Waals surface area contributed by atoms with Crippen molar-refractivity contribution < 1.29 is 14.2 Å². The van der Waals surface area contributed by atoms with Crippen molar-refractivity contribution in [1.82, 2.24) is 19.6 Å². The fourth-order valence-corrected chi connectivity index (χ4v) is 4.16. The summed E-state index contributed by atoms with van der Waals surface area (Å²) in [6, 6.07) is 13.8. The van der Waals surface area contributed by atoms with Crippen LogP contribution in [0.15, 0.2) is 59.9 Å². The highest BCUT2D eigenvalue weighted by Crippen LogP contribution is 2.30. The molecule has 34 heavy (non-hydrogen) atoms. The Morgan fingerprint density at radius 1 is 0.912 bits per heavy atom. The summed E-state index contributed by atoms with van der Waals surface area (Å²) < 4.78 is 18.7. The number of hydrogen-bond acceptors (Lipinski definition) is 8. The second kappa shape index (κ2) is 9.11. The molecule has 0 N–H and O–H groups in total. The van der Waals surface area contributed by atoms with Crippen molar-refractivity contribution in [1.29, 1.82) is 0 Å². The third-order valence-electron chi connectivity index (χ3n) is 5.83. The molecule has 0 spiro atoms. The third-order valence-corrected chi connectivity index (χ3v) is 5.83. The van der Waals surface area contributed by atoms with Gasteiger partial charge in [-0.15, -0.1) is 0 Å². The lowest BCUT2D eigenvalue weighted by Gasteiger charge is -2.29. The lowest BCUT2D eigenvalue weighted by atomic mass is 10.2. The van der Waals surface area contributed by atoms with E-state index < -0.39 is 0 Å². The van der Waals surface area contributed by atoms with Gasteiger partial charge in [0.2, 0.25) is 0 Å². The molecule has 0 aliphatic carbocycles. The predicted octanol–water partition coefficient (Wildman–Crippen LogP) is 3.02. The summed E-state index contributed by atoms with van der Waals surface area (Å²) in [6.07, 6.45) is 5.39. The van der Waals surface area contributed by atoms with Gasteiger partial charge in [-0.05, 0) is 35.9 Å². The van der Waals surface area contributed by atoms with E-state index in [0.717, 1.165) is 58.6 Å². The van der Waals surface area contributed by atoms with Crippen LogP contribution in [0.3, 0.4) is 0 Å². The Labute approximate surface area is 196 Å². The van der Waals surface area contributed by atoms with Gasteiger partial charge in [0, 0.05) is 49.4 Å². The Balaban J connectivity index is 1.31. The van der Waals surface area contributed by atoms with Gasteiger partial charge in [-0.3, -0.25) is 9.98 Å². The number of aliphatic imine (C=N–C) groups is 1. The summed E-state index contributed by atoms with van der Waals surface area (Å²) in [7, 11) is 0. The second-order valence-electron chi connectivity index (χ2n) is 8.11. The van der Waals surface area contributed by atoms with Gasteiger partial charge in [-0.1, -0.05) is 0 Å². The highest BCUT2D eigenvalue weighted by atomic mass is 16.6. The molecule has 6 rings (SSSR count). The number of rotatable bonds is 5. The maximum atomic E-state index is 5.67. The van der Waals surface area contributed by atoms with Crippen LogP contribution in [0.5, 0.6) is 11.5 Å². The van der Waals surface area contributed by atoms with E-state index in [0.29, 0.717) is 33.0 Å². The van der Waals surface area contributed by atoms with Crippen LogP contribution in [0.1, 0.15) is 11.3 Å². The van der Waals surface area contributed by atoms with Crippen LogP contribution in [-0.2, 0) is 11.3 Å². The standard InChI is InChI=1S/C25H24N6O3/c1-2-22-23(34-12-11-33-22)13-18(1)16-27-17-20-14-25(30-7-9-32-10-8-30)31-24(28-20)15-21(29-31)19-3-5-26-6-4-19/h1-6,13-16H,7-12,17H2. The second-order valence-corrected chi connectivity index (χ2v) is 8.11. The average Bonchev–Trinajstić information content (AvgIpc) is 3.33. The number of nitrogens with zero attached hydrogens (tertiary/aromatic N) is 6. The molecule has 9 nitrogen and oxygen atoms in total. The molecule has 0 amide bonds. The fraction of sp³-hybridized carbons (Fsp3) is 0.280. The minimum atomic E-state index is 0.456. The van der Waals surface area contributed by atoms with Gasteiger partial charge in [0.25, 0.3) is 0 Å². The van der Waals surface area contributed by atoms with E-state index in [2.05, 4.69) is 20.9 Å². The molecule has 2 aliphatic rings. The number of morpholine rings is 1. The van der Waals surface area contributed by atoms with Crippen LogP contribution in [0.4, 0.5) is 5.82 Å². The van der Waals surface area contributed by atoms with E-state index in [9.17, 15) is 0 Å². The minimum absolute atomic E-state index is 0.456. The molecule has 1 fully saturated rings. The molecule has 1 aromatic carbocycles. The Morgan fingerprint density at radius 3 is 2.59 bits per heavy atom. The zero-order valence-corrected chi connectivity index (χ0v) is 18.6. The van der Waals surface area contributed by atoms with Crippen molar-refractivity contribution in [2.75, 3.05) is 44.4 Å². The Hall–Kier alpha value is -3.98. The predicted molar refractivity (Wildman–Crippen MR) is 128 cm³/mol. The molecule has 172 valence electrons. The van der Waals surface area contributed by atoms with Crippen LogP contribution >= 0.6 is 0 Å². The van der Waals surface area contributed by atoms with Gasteiger partial charge >= 0.3 is 0 Å². The maximum Gasteiger partial charge on any atom is 0.162 e. The summed E-state index contributed by atoms with van der Waals surface area (Å²) in [5.41, 5.74) is 4.50. The smallest absolute Gasteiger partial charge is 0.162 e. The summed E-state index contributed by atoms with van der Waals surface area (Å²) >= 11 is 0. The lowest BCUT2D eigenvalue weighted by Crippen LogP contribution is -2.37. The average molecular weight is 457 g/mol. The van der Waals surface area contributed by atoms with Gasteiger partial charge in [0.15, 0.2) is 17.1 Å². The first kappa shape index (κ1) is 20.6. The zero-order valence-electron chi connectivity index (χ0n) is 18.6. The number of fused-ring (bicyclic) bond motifs is 2. The number of hydrogen-bond donors (Lipinski definition) is 0. The van der Waals surface area contributed by atoms with Crippen molar-refractivity contribution >= 4 is 17.7 Å². The van der Waals surface area contributed by atoms with Crippen molar-refractivity contribution in [2.45, 2.75) is 6.54 Å². The van der Waals surface area contributed by atoms with Gasteiger partial charge in [0.1, 0.15) is 19.0 Å². The molecule has 0 unspecified atom stereocenters. The van der Waals surface area contributed by atoms with Gasteiger partial charge < -0.3 is 19.1 Å². The first-order valence-electron chi connectivity index (χ1n) is 11.4. The van der Waals surface area contributed by atoms with Gasteiger partial charge in [-0.25, -0.2) is 4.98 Å². The molecule has 3 aromatic heterocycles. The van der Waals surface area contributed by atoms with Crippen LogP contribution in [0.2, 0.25) is 0 Å². The molecule has 9 heteroatoms. The molecule has 5 heterocycles. The molecule has 0 atom stereocenters. The molecule has 2 aliphatic heterocycles. The topological polar surface area (TPSA) is 86.4 Å². The quantitative estimate of drug-likeness (QED) is 0.427. The third kappa shape index (κ3) is 4.17. The van der Waals surface area contributed by atoms with Crippen molar-refractivity contribution in [3.8, 4) is 22.8 Å². The van der Waals surface area contributed by atoms with Crippen LogP contribution in [-0.4, -0.2) is 65.3 Å². The first-order chi connectivity index (χ1) is 16.8. The van der Waals surface area contributed by atoms with Crippen molar-refractivity contribution in [2.24, 2.45) is 4.99 Å². The van der Waals surface area contributed by atoms with Crippen molar-refractivity contribution in [3.05, 3.63) is 66.1 Å². The number of anilines is 1. The Bertz CT molecular complexity index is 1330. The fourth-order valence-electron chi connectivity index (χ4n) is 4.16. The van der Waals surface area contributed by atoms with Crippen LogP contribution in [0, 0.1) is 0 Å². The summed E-state index contributed by atoms with van der Waals surface area (Å²) in [5, 5.41) is 4.85. The molecule has 4 aromatic rings. The summed E-state index contributed by atoms with van der Waals surface area (Å²) in [4.78, 5) is 15.9. The SMILES string of the molecule is C(=NCc1cc(N2CCOCC2)n2nc(-c3ccncc3)cc2n1)c1ccc2c(c1)OCCO2. The first-order valence-corrected chi connectivity index (χ1v) is 11.4. The van der Waals surface area contributed by atoms with E-state index in [4.69, 9.17) is 24.3 Å². The summed E-state index contributed by atoms with van der Waals surface area (Å²) in [5.74, 6) is 2.53. The molecular formula is C25H24N6O3. The monoisotopic (exact) mass is 456 g/mol. The largest absolute Gasteiger partial charge is 0.486 e. The van der Waals surface area contributed by atoms with E-state index in [1.54, 1.807) is 12.4 Å². The van der Waals surface area contributed by atoms with Crippen molar-refractivity contribution in [3.63, 3.8) is 0 Å². The number of ether oxygens (including phenoxy) is 3. The highest BCUT2D eigenvalue weighted by Gasteiger charge is 2.18. The molecular weight excluding hydrogens is 432 g/mol. The Kier molecular flexibility index (Phi) is 5.52. The number of pyridine rings is 1. The van der Waals surface area contributed by atoms with Crippen LogP contribution in [0.25, 0.3) is 16.9 Å². The normalized spacial score (nSPS) is 15.8. The molecule has 0 bridgehead atoms. The minimum Gasteiger partial charge on any atom is -0.486 e.